The molecule has 6 heteroatoms. The predicted molar refractivity (Wildman–Crippen MR) is 85.9 cm³/mol. The highest BCUT2D eigenvalue weighted by Crippen LogP contribution is 2.19. The van der Waals surface area contributed by atoms with Gasteiger partial charge in [-0.2, -0.15) is 0 Å². The van der Waals surface area contributed by atoms with Crippen molar-refractivity contribution in [1.82, 2.24) is 20.6 Å². The number of hydrogen-bond acceptors (Lipinski definition) is 2. The van der Waals surface area contributed by atoms with Crippen molar-refractivity contribution in [2.45, 2.75) is 51.1 Å². The summed E-state index contributed by atoms with van der Waals surface area (Å²) < 4.78 is 0. The van der Waals surface area contributed by atoms with Crippen LogP contribution in [0.1, 0.15) is 50.6 Å². The van der Waals surface area contributed by atoms with Crippen molar-refractivity contribution in [3.8, 4) is 0 Å². The van der Waals surface area contributed by atoms with Gasteiger partial charge in [-0.1, -0.05) is 25.3 Å². The molecule has 0 radical (unpaired) electrons. The van der Waals surface area contributed by atoms with Gasteiger partial charge < -0.3 is 20.6 Å². The van der Waals surface area contributed by atoms with E-state index in [1.54, 1.807) is 0 Å². The summed E-state index contributed by atoms with van der Waals surface area (Å²) in [6.07, 6.45) is 5.79. The zero-order chi connectivity index (χ0) is 15.5. The lowest BCUT2D eigenvalue weighted by Gasteiger charge is -2.24. The van der Waals surface area contributed by atoms with Gasteiger partial charge in [0.1, 0.15) is 0 Å². The summed E-state index contributed by atoms with van der Waals surface area (Å²) in [7, 11) is 0. The highest BCUT2D eigenvalue weighted by atomic mass is 16.2. The number of aromatic nitrogens is 2. The van der Waals surface area contributed by atoms with E-state index >= 15 is 0 Å². The van der Waals surface area contributed by atoms with E-state index in [1.807, 2.05) is 25.1 Å². The third-order valence-electron chi connectivity index (χ3n) is 4.33. The largest absolute Gasteiger partial charge is 0.335 e. The molecule has 1 heterocycles. The molecule has 4 N–H and O–H groups in total. The molecule has 1 aliphatic carbocycles. The number of carbonyl (C=O) groups excluding carboxylic acids is 1. The molecule has 0 spiro atoms. The van der Waals surface area contributed by atoms with E-state index in [9.17, 15) is 9.59 Å². The van der Waals surface area contributed by atoms with Crippen molar-refractivity contribution in [3.63, 3.8) is 0 Å². The van der Waals surface area contributed by atoms with Crippen LogP contribution >= 0.6 is 0 Å². The lowest BCUT2D eigenvalue weighted by molar-refractivity contribution is 0.229. The fourth-order valence-electron chi connectivity index (χ4n) is 3.07. The zero-order valence-electron chi connectivity index (χ0n) is 12.7. The van der Waals surface area contributed by atoms with Gasteiger partial charge >= 0.3 is 11.7 Å². The molecule has 1 atom stereocenters. The van der Waals surface area contributed by atoms with Gasteiger partial charge in [0.2, 0.25) is 0 Å². The first-order valence-corrected chi connectivity index (χ1v) is 7.91. The maximum atomic E-state index is 12.1. The van der Waals surface area contributed by atoms with E-state index < -0.39 is 0 Å². The number of rotatable bonds is 3. The zero-order valence-corrected chi connectivity index (χ0v) is 12.7. The Labute approximate surface area is 128 Å². The van der Waals surface area contributed by atoms with Gasteiger partial charge in [0.05, 0.1) is 17.1 Å². The van der Waals surface area contributed by atoms with Crippen molar-refractivity contribution in [1.29, 1.82) is 0 Å². The first kappa shape index (κ1) is 14.7. The van der Waals surface area contributed by atoms with Crippen LogP contribution in [-0.4, -0.2) is 22.0 Å². The molecule has 118 valence electrons. The first-order valence-electron chi connectivity index (χ1n) is 7.91. The molecule has 3 rings (SSSR count). The van der Waals surface area contributed by atoms with Gasteiger partial charge in [0.25, 0.3) is 0 Å². The van der Waals surface area contributed by atoms with E-state index in [0.29, 0.717) is 6.04 Å². The van der Waals surface area contributed by atoms with Gasteiger partial charge in [-0.15, -0.1) is 0 Å². The van der Waals surface area contributed by atoms with Crippen molar-refractivity contribution in [2.24, 2.45) is 0 Å². The molecule has 1 aliphatic rings. The molecular weight excluding hydrogens is 280 g/mol. The van der Waals surface area contributed by atoms with Crippen molar-refractivity contribution >= 4 is 17.1 Å². The number of urea groups is 1. The van der Waals surface area contributed by atoms with Gasteiger partial charge in [-0.05, 0) is 37.5 Å². The van der Waals surface area contributed by atoms with E-state index in [1.165, 1.54) is 19.3 Å². The second kappa shape index (κ2) is 6.25. The Morgan fingerprint density at radius 2 is 1.91 bits per heavy atom. The number of imidazole rings is 1. The quantitative estimate of drug-likeness (QED) is 0.702. The highest BCUT2D eigenvalue weighted by molar-refractivity contribution is 5.77. The molecule has 1 unspecified atom stereocenters. The molecule has 1 fully saturated rings. The molecule has 2 aromatic rings. The highest BCUT2D eigenvalue weighted by Gasteiger charge is 2.17. The van der Waals surface area contributed by atoms with Crippen LogP contribution in [-0.2, 0) is 0 Å². The third-order valence-corrected chi connectivity index (χ3v) is 4.33. The summed E-state index contributed by atoms with van der Waals surface area (Å²) in [6.45, 7) is 1.94. The molecule has 0 bridgehead atoms. The second-order valence-corrected chi connectivity index (χ2v) is 6.06. The topological polar surface area (TPSA) is 89.8 Å². The number of benzene rings is 1. The summed E-state index contributed by atoms with van der Waals surface area (Å²) in [4.78, 5) is 28.8. The maximum absolute atomic E-state index is 12.1. The Morgan fingerprint density at radius 1 is 1.18 bits per heavy atom. The molecule has 1 aromatic heterocycles. The molecule has 0 aliphatic heterocycles. The van der Waals surface area contributed by atoms with E-state index in [-0.39, 0.29) is 17.8 Å². The molecule has 6 nitrogen and oxygen atoms in total. The van der Waals surface area contributed by atoms with E-state index in [4.69, 9.17) is 0 Å². The van der Waals surface area contributed by atoms with Crippen LogP contribution < -0.4 is 16.3 Å². The van der Waals surface area contributed by atoms with Crippen molar-refractivity contribution in [3.05, 3.63) is 34.2 Å². The molecule has 1 saturated carbocycles. The van der Waals surface area contributed by atoms with Crippen LogP contribution in [0.2, 0.25) is 0 Å². The fourth-order valence-corrected chi connectivity index (χ4v) is 3.07. The van der Waals surface area contributed by atoms with Crippen LogP contribution in [0.15, 0.2) is 23.0 Å². The van der Waals surface area contributed by atoms with Gasteiger partial charge in [-0.25, -0.2) is 9.59 Å². The Bertz CT molecular complexity index is 712. The Balaban J connectivity index is 1.62. The minimum atomic E-state index is -0.220. The van der Waals surface area contributed by atoms with Gasteiger partial charge in [0, 0.05) is 6.04 Å². The second-order valence-electron chi connectivity index (χ2n) is 6.06. The van der Waals surface area contributed by atoms with Crippen molar-refractivity contribution < 1.29 is 4.79 Å². The third kappa shape index (κ3) is 3.32. The first-order chi connectivity index (χ1) is 10.6. The Morgan fingerprint density at radius 3 is 2.68 bits per heavy atom. The van der Waals surface area contributed by atoms with Crippen LogP contribution in [0.4, 0.5) is 4.79 Å². The smallest absolute Gasteiger partial charge is 0.323 e. The lowest BCUT2D eigenvalue weighted by Crippen LogP contribution is -2.43. The number of amides is 2. The lowest BCUT2D eigenvalue weighted by atomic mass is 9.96. The summed E-state index contributed by atoms with van der Waals surface area (Å²) in [5, 5.41) is 6.01. The average Bonchev–Trinajstić information content (AvgIpc) is 2.87. The normalized spacial score (nSPS) is 17.3. The standard InChI is InChI=1S/C16H22N4O2/c1-10(17-15(21)18-12-5-3-2-4-6-12)11-7-8-13-14(9-11)20-16(22)19-13/h7-10,12H,2-6H2,1H3,(H2,17,18,21)(H2,19,20,22). The van der Waals surface area contributed by atoms with Crippen LogP contribution in [0, 0.1) is 0 Å². The number of carbonyl (C=O) groups is 1. The summed E-state index contributed by atoms with van der Waals surface area (Å²) in [5.74, 6) is 0. The maximum Gasteiger partial charge on any atom is 0.323 e. The molecule has 22 heavy (non-hydrogen) atoms. The van der Waals surface area contributed by atoms with E-state index in [0.717, 1.165) is 29.4 Å². The SMILES string of the molecule is CC(NC(=O)NC1CCCCC1)c1ccc2[nH]c(=O)[nH]c2c1. The van der Waals surface area contributed by atoms with Crippen LogP contribution in [0.3, 0.4) is 0 Å². The minimum absolute atomic E-state index is 0.119. The summed E-state index contributed by atoms with van der Waals surface area (Å²) in [5.41, 5.74) is 2.26. The Kier molecular flexibility index (Phi) is 4.18. The summed E-state index contributed by atoms with van der Waals surface area (Å²) in [6, 6.07) is 5.70. The summed E-state index contributed by atoms with van der Waals surface area (Å²) >= 11 is 0. The van der Waals surface area contributed by atoms with Gasteiger partial charge in [0.15, 0.2) is 0 Å². The number of hydrogen-bond donors (Lipinski definition) is 4. The van der Waals surface area contributed by atoms with Crippen LogP contribution in [0.25, 0.3) is 11.0 Å². The predicted octanol–water partition coefficient (Wildman–Crippen LogP) is 2.55. The molecule has 0 saturated heterocycles. The van der Waals surface area contributed by atoms with Gasteiger partial charge in [-0.3, -0.25) is 0 Å². The number of aromatic amines is 2. The molecular formula is C16H22N4O2. The molecule has 2 amide bonds. The average molecular weight is 302 g/mol. The Hall–Kier alpha value is -2.24. The number of fused-ring (bicyclic) bond motifs is 1. The van der Waals surface area contributed by atoms with Crippen LogP contribution in [0.5, 0.6) is 0 Å². The fraction of sp³-hybridized carbons (Fsp3) is 0.500. The van der Waals surface area contributed by atoms with Crippen molar-refractivity contribution in [2.75, 3.05) is 0 Å². The number of nitrogens with one attached hydrogen (secondary N) is 4. The molecule has 1 aromatic carbocycles. The number of H-pyrrole nitrogens is 2. The van der Waals surface area contributed by atoms with E-state index in [2.05, 4.69) is 20.6 Å². The monoisotopic (exact) mass is 302 g/mol. The minimum Gasteiger partial charge on any atom is -0.335 e.